The smallest absolute Gasteiger partial charge is 0.343 e. The first kappa shape index (κ1) is 27.3. The van der Waals surface area contributed by atoms with Gasteiger partial charge in [-0.25, -0.2) is 10.2 Å². The molecule has 11 heteroatoms. The van der Waals surface area contributed by atoms with Crippen LogP contribution in [-0.4, -0.2) is 29.9 Å². The lowest BCUT2D eigenvalue weighted by Gasteiger charge is -2.09. The number of rotatable bonds is 6. The van der Waals surface area contributed by atoms with E-state index in [0.717, 1.165) is 24.5 Å². The second-order valence-electron chi connectivity index (χ2n) is 8.86. The first-order chi connectivity index (χ1) is 19.9. The molecule has 0 bridgehead atoms. The van der Waals surface area contributed by atoms with Gasteiger partial charge < -0.3 is 19.2 Å². The van der Waals surface area contributed by atoms with E-state index in [1.807, 2.05) is 36.4 Å². The van der Waals surface area contributed by atoms with E-state index in [0.29, 0.717) is 38.9 Å². The third-order valence-electron chi connectivity index (χ3n) is 6.31. The average Bonchev–Trinajstić information content (AvgIpc) is 3.60. The number of benzene rings is 4. The minimum atomic E-state index is -0.582. The van der Waals surface area contributed by atoms with Crippen molar-refractivity contribution in [3.05, 3.63) is 109 Å². The van der Waals surface area contributed by atoms with E-state index in [4.69, 9.17) is 25.8 Å². The molecule has 6 rings (SSSR count). The van der Waals surface area contributed by atoms with Crippen molar-refractivity contribution in [3.63, 3.8) is 0 Å². The number of fused-ring (bicyclic) bond motifs is 2. The molecule has 0 spiro atoms. The monoisotopic (exact) mass is 741 g/mol. The molecule has 0 unspecified atom stereocenters. The summed E-state index contributed by atoms with van der Waals surface area (Å²) in [4.78, 5) is 29.5. The summed E-state index contributed by atoms with van der Waals surface area (Å²) in [6.07, 6.45) is 1.41. The van der Waals surface area contributed by atoms with Crippen LogP contribution in [0, 0.1) is 3.57 Å². The third-order valence-corrected chi connectivity index (χ3v) is 8.03. The van der Waals surface area contributed by atoms with E-state index in [2.05, 4.69) is 54.0 Å². The zero-order valence-corrected chi connectivity index (χ0v) is 25.4. The molecular formula is C30H18BrClIN3O5. The number of H-pyrrole nitrogens is 1. The Labute approximate surface area is 260 Å². The van der Waals surface area contributed by atoms with Crippen LogP contribution in [0.3, 0.4) is 0 Å². The predicted octanol–water partition coefficient (Wildman–Crippen LogP) is 7.57. The van der Waals surface area contributed by atoms with E-state index in [-0.39, 0.29) is 12.5 Å². The highest BCUT2D eigenvalue weighted by Crippen LogP contribution is 2.38. The number of carbonyl (C=O) groups excluding carboxylic acids is 2. The fraction of sp³-hybridized carbons (Fsp3) is 0.0333. The number of aromatic amines is 1. The molecule has 5 aromatic rings. The highest BCUT2D eigenvalue weighted by Gasteiger charge is 2.22. The van der Waals surface area contributed by atoms with Crippen LogP contribution in [0.5, 0.6) is 17.2 Å². The number of carbonyl (C=O) groups is 2. The topological polar surface area (TPSA) is 102 Å². The molecule has 2 N–H and O–H groups in total. The molecule has 41 heavy (non-hydrogen) atoms. The van der Waals surface area contributed by atoms with Gasteiger partial charge in [-0.1, -0.05) is 57.9 Å². The van der Waals surface area contributed by atoms with Gasteiger partial charge in [-0.05, 0) is 71.1 Å². The molecule has 0 atom stereocenters. The number of halogens is 3. The van der Waals surface area contributed by atoms with E-state index >= 15 is 0 Å². The van der Waals surface area contributed by atoms with Gasteiger partial charge in [-0.15, -0.1) is 0 Å². The molecule has 0 radical (unpaired) electrons. The first-order valence-electron chi connectivity index (χ1n) is 12.2. The van der Waals surface area contributed by atoms with Crippen molar-refractivity contribution in [2.24, 2.45) is 5.10 Å². The van der Waals surface area contributed by atoms with Crippen LogP contribution in [0.2, 0.25) is 5.02 Å². The summed E-state index contributed by atoms with van der Waals surface area (Å²) >= 11 is 12.2. The number of hydrogen-bond acceptors (Lipinski definition) is 6. The number of nitrogens with zero attached hydrogens (tertiary/aromatic N) is 1. The van der Waals surface area contributed by atoms with Crippen LogP contribution in [0.1, 0.15) is 26.4 Å². The summed E-state index contributed by atoms with van der Waals surface area (Å²) in [6, 6.07) is 23.1. The molecule has 1 aromatic heterocycles. The van der Waals surface area contributed by atoms with Gasteiger partial charge in [0, 0.05) is 35.1 Å². The Morgan fingerprint density at radius 2 is 1.85 bits per heavy atom. The number of amides is 1. The molecule has 0 saturated carbocycles. The molecule has 0 saturated heterocycles. The molecular weight excluding hydrogens is 725 g/mol. The molecule has 1 amide bonds. The summed E-state index contributed by atoms with van der Waals surface area (Å²) in [7, 11) is 0. The summed E-state index contributed by atoms with van der Waals surface area (Å²) in [5.41, 5.74) is 5.89. The number of nitrogens with one attached hydrogen (secondary N) is 2. The zero-order chi connectivity index (χ0) is 28.5. The van der Waals surface area contributed by atoms with Crippen LogP contribution >= 0.6 is 50.1 Å². The Hall–Kier alpha value is -3.87. The minimum Gasteiger partial charge on any atom is -0.454 e. The Bertz CT molecular complexity index is 1870. The van der Waals surface area contributed by atoms with Gasteiger partial charge in [0.15, 0.2) is 11.5 Å². The molecule has 0 aliphatic carbocycles. The van der Waals surface area contributed by atoms with Crippen LogP contribution in [0.4, 0.5) is 0 Å². The number of aromatic nitrogens is 1. The molecule has 204 valence electrons. The van der Waals surface area contributed by atoms with Gasteiger partial charge in [-0.3, -0.25) is 4.79 Å². The number of hydrazone groups is 1. The van der Waals surface area contributed by atoms with E-state index in [1.165, 1.54) is 6.21 Å². The van der Waals surface area contributed by atoms with Crippen molar-refractivity contribution in [1.82, 2.24) is 10.4 Å². The summed E-state index contributed by atoms with van der Waals surface area (Å²) in [6.45, 7) is 0.102. The Kier molecular flexibility index (Phi) is 7.69. The normalized spacial score (nSPS) is 12.2. The van der Waals surface area contributed by atoms with Crippen molar-refractivity contribution >= 4 is 79.1 Å². The lowest BCUT2D eigenvalue weighted by atomic mass is 10.0. The lowest BCUT2D eigenvalue weighted by molar-refractivity contribution is 0.0733. The minimum absolute atomic E-state index is 0.102. The van der Waals surface area contributed by atoms with Crippen molar-refractivity contribution in [1.29, 1.82) is 0 Å². The average molecular weight is 743 g/mol. The van der Waals surface area contributed by atoms with Crippen molar-refractivity contribution < 1.29 is 23.8 Å². The van der Waals surface area contributed by atoms with Gasteiger partial charge in [0.25, 0.3) is 5.91 Å². The summed E-state index contributed by atoms with van der Waals surface area (Å²) in [5.74, 6) is 0.253. The zero-order valence-electron chi connectivity index (χ0n) is 20.9. The number of ether oxygens (including phenoxy) is 3. The van der Waals surface area contributed by atoms with Gasteiger partial charge >= 0.3 is 5.97 Å². The largest absolute Gasteiger partial charge is 0.454 e. The van der Waals surface area contributed by atoms with Crippen molar-refractivity contribution in [2.75, 3.05) is 6.79 Å². The van der Waals surface area contributed by atoms with Gasteiger partial charge in [0.05, 0.1) is 17.3 Å². The lowest BCUT2D eigenvalue weighted by Crippen LogP contribution is -2.19. The van der Waals surface area contributed by atoms with Crippen molar-refractivity contribution in [2.45, 2.75) is 0 Å². The molecule has 8 nitrogen and oxygen atoms in total. The summed E-state index contributed by atoms with van der Waals surface area (Å²) < 4.78 is 18.0. The van der Waals surface area contributed by atoms with E-state index in [9.17, 15) is 9.59 Å². The molecule has 2 heterocycles. The molecule has 1 aliphatic rings. The maximum absolute atomic E-state index is 13.4. The Morgan fingerprint density at radius 1 is 1.02 bits per heavy atom. The van der Waals surface area contributed by atoms with Gasteiger partial charge in [0.1, 0.15) is 11.4 Å². The van der Waals surface area contributed by atoms with E-state index in [1.54, 1.807) is 42.5 Å². The standard InChI is InChI=1S/C30H18BrClIN3O5/c31-18-9-11-23(41-30(38)16-8-10-24-25(13-16)40-15-39-24)17(12-18)14-34-36-29(37)28-26(19-4-1-2-6-21(19)32)20-5-3-7-22(33)27(20)35-28/h1-14,35H,15H2,(H,36,37). The van der Waals surface area contributed by atoms with E-state index < -0.39 is 11.9 Å². The third kappa shape index (κ3) is 5.54. The van der Waals surface area contributed by atoms with Crippen LogP contribution in [0.25, 0.3) is 22.0 Å². The maximum atomic E-state index is 13.4. The van der Waals surface area contributed by atoms with Crippen LogP contribution in [0.15, 0.2) is 88.4 Å². The van der Waals surface area contributed by atoms with Crippen LogP contribution < -0.4 is 19.6 Å². The van der Waals surface area contributed by atoms with Crippen LogP contribution in [-0.2, 0) is 0 Å². The highest BCUT2D eigenvalue weighted by atomic mass is 127. The first-order valence-corrected chi connectivity index (χ1v) is 14.4. The highest BCUT2D eigenvalue weighted by molar-refractivity contribution is 14.1. The number of esters is 1. The predicted molar refractivity (Wildman–Crippen MR) is 168 cm³/mol. The quantitative estimate of drug-likeness (QED) is 0.0615. The SMILES string of the molecule is O=C(Oc1ccc(Br)cc1C=NNC(=O)c1[nH]c2c(I)cccc2c1-c1ccccc1Cl)c1ccc2c(c1)OCO2. The van der Waals surface area contributed by atoms with Crippen molar-refractivity contribution in [3.8, 4) is 28.4 Å². The fourth-order valence-electron chi connectivity index (χ4n) is 4.41. The Balaban J connectivity index is 1.27. The number of hydrogen-bond donors (Lipinski definition) is 2. The molecule has 0 fully saturated rings. The second-order valence-corrected chi connectivity index (χ2v) is 11.3. The number of para-hydroxylation sites is 1. The Morgan fingerprint density at radius 3 is 2.71 bits per heavy atom. The fourth-order valence-corrected chi connectivity index (χ4v) is 5.65. The molecule has 1 aliphatic heterocycles. The summed E-state index contributed by atoms with van der Waals surface area (Å²) in [5, 5.41) is 5.55. The van der Waals surface area contributed by atoms with Gasteiger partial charge in [-0.2, -0.15) is 5.10 Å². The maximum Gasteiger partial charge on any atom is 0.343 e. The second kappa shape index (κ2) is 11.6. The van der Waals surface area contributed by atoms with Gasteiger partial charge in [0.2, 0.25) is 6.79 Å². The molecule has 4 aromatic carbocycles.